The number of carbonyl (C=O) groups is 2. The Hall–Kier alpha value is -1.92. The van der Waals surface area contributed by atoms with E-state index in [1.54, 1.807) is 29.2 Å². The number of hydrogen-bond donors (Lipinski definition) is 3. The summed E-state index contributed by atoms with van der Waals surface area (Å²) in [6.07, 6.45) is -0.361. The van der Waals surface area contributed by atoms with Crippen LogP contribution in [0.4, 0.5) is 0 Å². The molecule has 1 aromatic carbocycles. The van der Waals surface area contributed by atoms with Crippen LogP contribution in [0.1, 0.15) is 22.3 Å². The molecule has 102 valence electrons. The number of rotatable bonds is 4. The average Bonchev–Trinajstić information content (AvgIpc) is 2.71. The van der Waals surface area contributed by atoms with Crippen LogP contribution in [-0.2, 0) is 11.3 Å². The molecule has 1 amide bonds. The maximum atomic E-state index is 11.1. The fourth-order valence-corrected chi connectivity index (χ4v) is 2.32. The number of benzene rings is 1. The van der Waals surface area contributed by atoms with Crippen molar-refractivity contribution in [2.45, 2.75) is 25.1 Å². The van der Waals surface area contributed by atoms with E-state index in [2.05, 4.69) is 0 Å². The molecular formula is C13H16N2O4. The number of nitrogens with two attached hydrogens (primary N) is 1. The lowest BCUT2D eigenvalue weighted by Crippen LogP contribution is -2.35. The summed E-state index contributed by atoms with van der Waals surface area (Å²) in [5.41, 5.74) is 6.44. The topological polar surface area (TPSA) is 104 Å². The number of hydrogen-bond acceptors (Lipinski definition) is 4. The van der Waals surface area contributed by atoms with E-state index in [1.807, 2.05) is 0 Å². The number of primary amides is 1. The van der Waals surface area contributed by atoms with E-state index in [4.69, 9.17) is 10.8 Å². The van der Waals surface area contributed by atoms with E-state index >= 15 is 0 Å². The molecule has 0 aromatic heterocycles. The molecule has 2 atom stereocenters. The van der Waals surface area contributed by atoms with Gasteiger partial charge in [-0.05, 0) is 17.7 Å². The van der Waals surface area contributed by atoms with Crippen molar-refractivity contribution < 1.29 is 19.8 Å². The van der Waals surface area contributed by atoms with Gasteiger partial charge in [-0.1, -0.05) is 12.1 Å². The molecule has 2 unspecified atom stereocenters. The molecular weight excluding hydrogens is 248 g/mol. The van der Waals surface area contributed by atoms with Gasteiger partial charge in [-0.2, -0.15) is 0 Å². The Kier molecular flexibility index (Phi) is 3.82. The average molecular weight is 264 g/mol. The number of carboxylic acid groups (broad SMARTS) is 1. The number of carboxylic acids is 1. The summed E-state index contributed by atoms with van der Waals surface area (Å²) in [4.78, 5) is 23.7. The number of amides is 1. The Balaban J connectivity index is 2.07. The molecule has 1 aliphatic rings. The summed E-state index contributed by atoms with van der Waals surface area (Å²) in [5.74, 6) is -1.42. The van der Waals surface area contributed by atoms with Crippen LogP contribution in [-0.4, -0.2) is 45.7 Å². The minimum absolute atomic E-state index is 0.245. The van der Waals surface area contributed by atoms with E-state index < -0.39 is 24.0 Å². The number of aliphatic carboxylic acids is 1. The molecule has 2 rings (SSSR count). The van der Waals surface area contributed by atoms with Gasteiger partial charge in [0, 0.05) is 25.1 Å². The number of aliphatic hydroxyl groups excluding tert-OH is 1. The van der Waals surface area contributed by atoms with Crippen molar-refractivity contribution in [2.75, 3.05) is 6.54 Å². The first-order valence-corrected chi connectivity index (χ1v) is 6.01. The van der Waals surface area contributed by atoms with E-state index in [1.165, 1.54) is 0 Å². The van der Waals surface area contributed by atoms with E-state index in [-0.39, 0.29) is 6.42 Å². The van der Waals surface area contributed by atoms with Gasteiger partial charge in [-0.25, -0.2) is 0 Å². The van der Waals surface area contributed by atoms with Gasteiger partial charge in [0.2, 0.25) is 5.91 Å². The molecule has 1 aliphatic heterocycles. The van der Waals surface area contributed by atoms with E-state index in [0.717, 1.165) is 5.56 Å². The highest BCUT2D eigenvalue weighted by atomic mass is 16.4. The van der Waals surface area contributed by atoms with Crippen molar-refractivity contribution in [3.8, 4) is 0 Å². The maximum Gasteiger partial charge on any atom is 0.321 e. The van der Waals surface area contributed by atoms with Crippen LogP contribution < -0.4 is 5.73 Å². The standard InChI is InChI=1S/C13H16N2O4/c14-12(17)9-3-1-8(2-4-9)6-15-7-10(16)5-11(15)13(18)19/h1-4,10-11,16H,5-7H2,(H2,14,17)(H,18,19). The minimum atomic E-state index is -0.926. The predicted molar refractivity (Wildman–Crippen MR) is 67.4 cm³/mol. The normalized spacial score (nSPS) is 23.4. The summed E-state index contributed by atoms with van der Waals surface area (Å²) in [7, 11) is 0. The van der Waals surface area contributed by atoms with Crippen LogP contribution in [0.15, 0.2) is 24.3 Å². The monoisotopic (exact) mass is 264 g/mol. The highest BCUT2D eigenvalue weighted by molar-refractivity contribution is 5.92. The van der Waals surface area contributed by atoms with Gasteiger partial charge in [0.1, 0.15) is 6.04 Å². The van der Waals surface area contributed by atoms with Crippen molar-refractivity contribution in [1.29, 1.82) is 0 Å². The summed E-state index contributed by atoms with van der Waals surface area (Å²) in [5, 5.41) is 18.6. The zero-order valence-electron chi connectivity index (χ0n) is 10.3. The number of nitrogens with zero attached hydrogens (tertiary/aromatic N) is 1. The van der Waals surface area contributed by atoms with Crippen molar-refractivity contribution in [2.24, 2.45) is 5.73 Å². The third-order valence-corrected chi connectivity index (χ3v) is 3.29. The Morgan fingerprint density at radius 2 is 1.95 bits per heavy atom. The fourth-order valence-electron chi connectivity index (χ4n) is 2.32. The van der Waals surface area contributed by atoms with Crippen LogP contribution in [0.2, 0.25) is 0 Å². The van der Waals surface area contributed by atoms with E-state index in [0.29, 0.717) is 18.7 Å². The third kappa shape index (κ3) is 3.10. The Morgan fingerprint density at radius 3 is 2.47 bits per heavy atom. The van der Waals surface area contributed by atoms with Crippen LogP contribution in [0, 0.1) is 0 Å². The first kappa shape index (κ1) is 13.5. The second-order valence-electron chi connectivity index (χ2n) is 4.73. The van der Waals surface area contributed by atoms with Gasteiger partial charge >= 0.3 is 5.97 Å². The summed E-state index contributed by atoms with van der Waals surface area (Å²) >= 11 is 0. The fraction of sp³-hybridized carbons (Fsp3) is 0.385. The summed E-state index contributed by atoms with van der Waals surface area (Å²) in [6.45, 7) is 0.765. The number of carbonyl (C=O) groups excluding carboxylic acids is 1. The molecule has 0 bridgehead atoms. The molecule has 0 spiro atoms. The van der Waals surface area contributed by atoms with Crippen molar-refractivity contribution in [3.05, 3.63) is 35.4 Å². The number of aliphatic hydroxyl groups is 1. The highest BCUT2D eigenvalue weighted by Crippen LogP contribution is 2.21. The number of likely N-dealkylation sites (tertiary alicyclic amines) is 1. The first-order chi connectivity index (χ1) is 8.97. The SMILES string of the molecule is NC(=O)c1ccc(CN2CC(O)CC2C(=O)O)cc1. The van der Waals surface area contributed by atoms with Gasteiger partial charge in [-0.15, -0.1) is 0 Å². The lowest BCUT2D eigenvalue weighted by molar-refractivity contribution is -0.142. The summed E-state index contributed by atoms with van der Waals surface area (Å²) < 4.78 is 0. The molecule has 19 heavy (non-hydrogen) atoms. The molecule has 6 heteroatoms. The van der Waals surface area contributed by atoms with Crippen molar-refractivity contribution >= 4 is 11.9 Å². The quantitative estimate of drug-likeness (QED) is 0.699. The lowest BCUT2D eigenvalue weighted by atomic mass is 10.1. The molecule has 1 fully saturated rings. The van der Waals surface area contributed by atoms with Gasteiger partial charge in [0.05, 0.1) is 6.10 Å². The van der Waals surface area contributed by atoms with Crippen LogP contribution in [0.5, 0.6) is 0 Å². The molecule has 0 saturated carbocycles. The highest BCUT2D eigenvalue weighted by Gasteiger charge is 2.35. The van der Waals surface area contributed by atoms with Crippen LogP contribution in [0.25, 0.3) is 0 Å². The summed E-state index contributed by atoms with van der Waals surface area (Å²) in [6, 6.07) is 6.04. The van der Waals surface area contributed by atoms with Gasteiger partial charge < -0.3 is 15.9 Å². The van der Waals surface area contributed by atoms with Crippen molar-refractivity contribution in [3.63, 3.8) is 0 Å². The Morgan fingerprint density at radius 1 is 1.32 bits per heavy atom. The second kappa shape index (κ2) is 5.38. The third-order valence-electron chi connectivity index (χ3n) is 3.29. The van der Waals surface area contributed by atoms with Crippen LogP contribution in [0.3, 0.4) is 0 Å². The molecule has 0 aliphatic carbocycles. The molecule has 0 radical (unpaired) electrons. The maximum absolute atomic E-state index is 11.1. The van der Waals surface area contributed by atoms with Gasteiger partial charge in [0.15, 0.2) is 0 Å². The van der Waals surface area contributed by atoms with Crippen LogP contribution >= 0.6 is 0 Å². The minimum Gasteiger partial charge on any atom is -0.480 e. The zero-order valence-corrected chi connectivity index (χ0v) is 10.3. The molecule has 6 nitrogen and oxygen atoms in total. The first-order valence-electron chi connectivity index (χ1n) is 6.01. The zero-order chi connectivity index (χ0) is 14.0. The molecule has 1 saturated heterocycles. The molecule has 4 N–H and O–H groups in total. The van der Waals surface area contributed by atoms with Gasteiger partial charge in [0.25, 0.3) is 0 Å². The Labute approximate surface area is 110 Å². The largest absolute Gasteiger partial charge is 0.480 e. The predicted octanol–water partition coefficient (Wildman–Crippen LogP) is -0.195. The number of β-amino-alcohol motifs (C(OH)–C–C–N with tert-alkyl or cyclic N) is 1. The van der Waals surface area contributed by atoms with Crippen molar-refractivity contribution in [1.82, 2.24) is 4.90 Å². The second-order valence-corrected chi connectivity index (χ2v) is 4.73. The molecule has 1 aromatic rings. The molecule has 1 heterocycles. The van der Waals surface area contributed by atoms with E-state index in [9.17, 15) is 14.7 Å². The lowest BCUT2D eigenvalue weighted by Gasteiger charge is -2.20. The van der Waals surface area contributed by atoms with Gasteiger partial charge in [-0.3, -0.25) is 14.5 Å². The smallest absolute Gasteiger partial charge is 0.321 e. The Bertz CT molecular complexity index is 486.